The Labute approximate surface area is 154 Å². The first-order valence-corrected chi connectivity index (χ1v) is 10.7. The summed E-state index contributed by atoms with van der Waals surface area (Å²) in [6, 6.07) is 0. The Bertz CT molecular complexity index is 396. The Morgan fingerprint density at radius 2 is 1.38 bits per heavy atom. The Morgan fingerprint density at radius 1 is 0.875 bits per heavy atom. The predicted molar refractivity (Wildman–Crippen MR) is 110 cm³/mol. The number of hydrogen-bond acceptors (Lipinski definition) is 0. The molecule has 0 heteroatoms. The van der Waals surface area contributed by atoms with E-state index in [2.05, 4.69) is 76.2 Å². The van der Waals surface area contributed by atoms with Crippen molar-refractivity contribution in [3.63, 3.8) is 0 Å². The third kappa shape index (κ3) is 4.79. The summed E-state index contributed by atoms with van der Waals surface area (Å²) in [4.78, 5) is 0. The van der Waals surface area contributed by atoms with E-state index >= 15 is 0 Å². The Hall–Kier alpha value is 0. The van der Waals surface area contributed by atoms with Gasteiger partial charge < -0.3 is 0 Å². The molecule has 144 valence electrons. The second kappa shape index (κ2) is 7.32. The summed E-state index contributed by atoms with van der Waals surface area (Å²) in [6.07, 6.45) is 8.47. The lowest BCUT2D eigenvalue weighted by atomic mass is 9.65. The summed E-state index contributed by atoms with van der Waals surface area (Å²) in [5.41, 5.74) is 2.16. The summed E-state index contributed by atoms with van der Waals surface area (Å²) in [7, 11) is 0. The molecule has 0 aliphatic heterocycles. The average molecular weight is 337 g/mol. The van der Waals surface area contributed by atoms with Crippen molar-refractivity contribution < 1.29 is 0 Å². The van der Waals surface area contributed by atoms with Crippen LogP contribution in [0.2, 0.25) is 0 Å². The van der Waals surface area contributed by atoms with Gasteiger partial charge in [0.15, 0.2) is 0 Å². The fourth-order valence-electron chi connectivity index (χ4n) is 5.25. The lowest BCUT2D eigenvalue weighted by Gasteiger charge is -2.40. The maximum absolute atomic E-state index is 2.50. The smallest absolute Gasteiger partial charge is 0.0218 e. The first kappa shape index (κ1) is 22.0. The van der Waals surface area contributed by atoms with Crippen LogP contribution in [0.4, 0.5) is 0 Å². The van der Waals surface area contributed by atoms with Crippen LogP contribution in [0.25, 0.3) is 0 Å². The summed E-state index contributed by atoms with van der Waals surface area (Å²) in [5.74, 6) is 2.38. The van der Waals surface area contributed by atoms with Gasteiger partial charge in [-0.3, -0.25) is 0 Å². The Balaban J connectivity index is 2.44. The van der Waals surface area contributed by atoms with Crippen LogP contribution in [0.15, 0.2) is 0 Å². The molecule has 24 heavy (non-hydrogen) atoms. The zero-order valence-corrected chi connectivity index (χ0v) is 19.0. The van der Waals surface area contributed by atoms with Crippen LogP contribution >= 0.6 is 0 Å². The topological polar surface area (TPSA) is 0 Å². The van der Waals surface area contributed by atoms with E-state index < -0.39 is 0 Å². The van der Waals surface area contributed by atoms with Crippen molar-refractivity contribution in [2.24, 2.45) is 39.4 Å². The minimum Gasteiger partial charge on any atom is -0.0623 e. The highest BCUT2D eigenvalue weighted by Gasteiger charge is 2.61. The van der Waals surface area contributed by atoms with Crippen LogP contribution in [0.3, 0.4) is 0 Å². The summed E-state index contributed by atoms with van der Waals surface area (Å²) < 4.78 is 0. The van der Waals surface area contributed by atoms with Gasteiger partial charge in [0.1, 0.15) is 0 Å². The summed E-state index contributed by atoms with van der Waals surface area (Å²) >= 11 is 0. The minimum absolute atomic E-state index is 0.441. The molecule has 0 radical (unpaired) electrons. The molecule has 0 bridgehead atoms. The molecule has 2 atom stereocenters. The largest absolute Gasteiger partial charge is 0.0623 e. The zero-order chi connectivity index (χ0) is 19.0. The van der Waals surface area contributed by atoms with Gasteiger partial charge in [0.05, 0.1) is 0 Å². The van der Waals surface area contributed by atoms with Crippen LogP contribution in [0.1, 0.15) is 115 Å². The predicted octanol–water partition coefficient (Wildman–Crippen LogP) is 8.35. The van der Waals surface area contributed by atoms with Crippen molar-refractivity contribution in [3.8, 4) is 0 Å². The quantitative estimate of drug-likeness (QED) is 0.351. The standard InChI is InChI=1S/C24H48/c1-18(2)23(10,11)20(5)16-21(6,7)14-12-13-15-24(19(3)4)17-22(24,8)9/h18-20H,12-17H2,1-11H3. The molecule has 0 heterocycles. The molecular weight excluding hydrogens is 288 g/mol. The third-order valence-electron chi connectivity index (χ3n) is 8.43. The molecule has 2 unspecified atom stereocenters. The van der Waals surface area contributed by atoms with Gasteiger partial charge >= 0.3 is 0 Å². The maximum Gasteiger partial charge on any atom is -0.0218 e. The molecule has 1 fully saturated rings. The minimum atomic E-state index is 0.441. The second-order valence-electron chi connectivity index (χ2n) is 11.8. The van der Waals surface area contributed by atoms with Gasteiger partial charge in [-0.2, -0.15) is 0 Å². The van der Waals surface area contributed by atoms with Gasteiger partial charge in [0, 0.05) is 0 Å². The highest BCUT2D eigenvalue weighted by Crippen LogP contribution is 2.69. The SMILES string of the molecule is CC(C)C(C)(C)C(C)CC(C)(C)CCCCC1(C(C)C)CC1(C)C. The first-order valence-electron chi connectivity index (χ1n) is 10.7. The lowest BCUT2D eigenvalue weighted by molar-refractivity contribution is 0.0984. The molecule has 0 amide bonds. The van der Waals surface area contributed by atoms with Crippen molar-refractivity contribution in [2.45, 2.75) is 115 Å². The van der Waals surface area contributed by atoms with E-state index in [9.17, 15) is 0 Å². The van der Waals surface area contributed by atoms with Gasteiger partial charge in [-0.15, -0.1) is 0 Å². The van der Waals surface area contributed by atoms with E-state index in [-0.39, 0.29) is 0 Å². The van der Waals surface area contributed by atoms with Crippen molar-refractivity contribution >= 4 is 0 Å². The molecule has 0 N–H and O–H groups in total. The van der Waals surface area contributed by atoms with Crippen molar-refractivity contribution in [3.05, 3.63) is 0 Å². The Morgan fingerprint density at radius 3 is 1.75 bits per heavy atom. The fourth-order valence-corrected chi connectivity index (χ4v) is 5.25. The van der Waals surface area contributed by atoms with Crippen LogP contribution in [0.5, 0.6) is 0 Å². The molecule has 0 nitrogen and oxygen atoms in total. The molecule has 1 aliphatic carbocycles. The van der Waals surface area contributed by atoms with E-state index in [1.54, 1.807) is 0 Å². The summed E-state index contributed by atoms with van der Waals surface area (Å²) in [6.45, 7) is 27.0. The maximum atomic E-state index is 2.50. The fraction of sp³-hybridized carbons (Fsp3) is 1.00. The molecular formula is C24H48. The van der Waals surface area contributed by atoms with Crippen LogP contribution in [0, 0.1) is 39.4 Å². The van der Waals surface area contributed by atoms with Gasteiger partial charge in [-0.05, 0) is 65.1 Å². The molecule has 1 aliphatic rings. The normalized spacial score (nSPS) is 25.4. The molecule has 1 saturated carbocycles. The second-order valence-corrected chi connectivity index (χ2v) is 11.8. The van der Waals surface area contributed by atoms with Crippen LogP contribution in [-0.4, -0.2) is 0 Å². The van der Waals surface area contributed by atoms with E-state index in [1.165, 1.54) is 38.5 Å². The van der Waals surface area contributed by atoms with E-state index in [0.29, 0.717) is 21.7 Å². The number of hydrogen-bond donors (Lipinski definition) is 0. The van der Waals surface area contributed by atoms with E-state index in [1.807, 2.05) is 0 Å². The molecule has 1 rings (SSSR count). The third-order valence-corrected chi connectivity index (χ3v) is 8.43. The monoisotopic (exact) mass is 336 g/mol. The Kier molecular flexibility index (Phi) is 6.72. The van der Waals surface area contributed by atoms with Crippen LogP contribution in [-0.2, 0) is 0 Å². The van der Waals surface area contributed by atoms with E-state index in [0.717, 1.165) is 17.8 Å². The van der Waals surface area contributed by atoms with Gasteiger partial charge in [-0.25, -0.2) is 0 Å². The van der Waals surface area contributed by atoms with Gasteiger partial charge in [0.2, 0.25) is 0 Å². The highest BCUT2D eigenvalue weighted by molar-refractivity contribution is 5.10. The van der Waals surface area contributed by atoms with Crippen molar-refractivity contribution in [1.82, 2.24) is 0 Å². The van der Waals surface area contributed by atoms with Crippen molar-refractivity contribution in [2.75, 3.05) is 0 Å². The van der Waals surface area contributed by atoms with Crippen LogP contribution < -0.4 is 0 Å². The van der Waals surface area contributed by atoms with Gasteiger partial charge in [0.25, 0.3) is 0 Å². The van der Waals surface area contributed by atoms with Crippen molar-refractivity contribution in [1.29, 1.82) is 0 Å². The molecule has 0 aromatic heterocycles. The molecule has 0 aromatic rings. The number of rotatable bonds is 10. The first-order chi connectivity index (χ1) is 10.7. The average Bonchev–Trinajstić information content (AvgIpc) is 2.97. The molecule has 0 spiro atoms. The zero-order valence-electron chi connectivity index (χ0n) is 19.0. The molecule has 0 aromatic carbocycles. The number of unbranched alkanes of at least 4 members (excludes halogenated alkanes) is 1. The summed E-state index contributed by atoms with van der Waals surface area (Å²) in [5, 5.41) is 0. The highest BCUT2D eigenvalue weighted by atomic mass is 14.7. The van der Waals surface area contributed by atoms with E-state index in [4.69, 9.17) is 0 Å². The van der Waals surface area contributed by atoms with Gasteiger partial charge in [-0.1, -0.05) is 89.0 Å². The lowest BCUT2D eigenvalue weighted by Crippen LogP contribution is -2.31. The molecule has 0 saturated heterocycles.